The van der Waals surface area contributed by atoms with Gasteiger partial charge in [-0.3, -0.25) is 14.5 Å². The molecule has 2 amide bonds. The van der Waals surface area contributed by atoms with Crippen molar-refractivity contribution in [3.8, 4) is 0 Å². The number of rotatable bonds is 4. The summed E-state index contributed by atoms with van der Waals surface area (Å²) in [7, 11) is 0. The Balaban J connectivity index is 1.63. The Labute approximate surface area is 145 Å². The van der Waals surface area contributed by atoms with E-state index in [-0.39, 0.29) is 17.9 Å². The number of hydrogen-bond donors (Lipinski definition) is 0. The minimum atomic E-state index is -0.321. The molecule has 3 atom stereocenters. The molecule has 0 aromatic heterocycles. The summed E-state index contributed by atoms with van der Waals surface area (Å²) in [4.78, 5) is 31.4. The van der Waals surface area contributed by atoms with Crippen molar-refractivity contribution in [1.29, 1.82) is 0 Å². The molecule has 6 heteroatoms. The van der Waals surface area contributed by atoms with Crippen LogP contribution in [-0.2, 0) is 14.3 Å². The van der Waals surface area contributed by atoms with Gasteiger partial charge in [0.2, 0.25) is 11.8 Å². The number of amides is 2. The van der Waals surface area contributed by atoms with Crippen molar-refractivity contribution in [3.63, 3.8) is 0 Å². The molecule has 0 N–H and O–H groups in total. The van der Waals surface area contributed by atoms with Crippen molar-refractivity contribution in [1.82, 2.24) is 14.7 Å². The summed E-state index contributed by atoms with van der Waals surface area (Å²) in [6.07, 6.45) is 3.64. The molecule has 0 aromatic rings. The van der Waals surface area contributed by atoms with Crippen LogP contribution < -0.4 is 0 Å². The molecule has 0 spiro atoms. The van der Waals surface area contributed by atoms with Gasteiger partial charge in [0.1, 0.15) is 6.04 Å². The summed E-state index contributed by atoms with van der Waals surface area (Å²) in [6, 6.07) is 0.117. The number of carbonyl (C=O) groups excluding carboxylic acids is 2. The van der Waals surface area contributed by atoms with E-state index >= 15 is 0 Å². The Morgan fingerprint density at radius 3 is 2.62 bits per heavy atom. The van der Waals surface area contributed by atoms with Crippen LogP contribution in [0.5, 0.6) is 0 Å². The highest BCUT2D eigenvalue weighted by atomic mass is 16.5. The predicted octanol–water partition coefficient (Wildman–Crippen LogP) is 0.957. The topological polar surface area (TPSA) is 53.1 Å². The van der Waals surface area contributed by atoms with E-state index in [1.807, 2.05) is 11.8 Å². The number of morpholine rings is 1. The van der Waals surface area contributed by atoms with Crippen molar-refractivity contribution < 1.29 is 14.3 Å². The van der Waals surface area contributed by atoms with E-state index in [0.717, 1.165) is 65.2 Å². The molecule has 0 unspecified atom stereocenters. The van der Waals surface area contributed by atoms with E-state index in [1.54, 1.807) is 4.90 Å². The molecule has 136 valence electrons. The van der Waals surface area contributed by atoms with Gasteiger partial charge >= 0.3 is 0 Å². The van der Waals surface area contributed by atoms with E-state index in [9.17, 15) is 9.59 Å². The first-order valence-electron chi connectivity index (χ1n) is 9.52. The second-order valence-electron chi connectivity index (χ2n) is 7.35. The van der Waals surface area contributed by atoms with Crippen molar-refractivity contribution in [2.24, 2.45) is 5.92 Å². The first-order valence-corrected chi connectivity index (χ1v) is 9.52. The van der Waals surface area contributed by atoms with Gasteiger partial charge in [-0.05, 0) is 25.7 Å². The quantitative estimate of drug-likeness (QED) is 0.767. The highest BCUT2D eigenvalue weighted by Crippen LogP contribution is 2.27. The second-order valence-corrected chi connectivity index (χ2v) is 7.35. The zero-order valence-electron chi connectivity index (χ0n) is 15.1. The molecule has 3 heterocycles. The molecule has 6 nitrogen and oxygen atoms in total. The highest BCUT2D eigenvalue weighted by Gasteiger charge is 2.40. The Morgan fingerprint density at radius 2 is 1.96 bits per heavy atom. The van der Waals surface area contributed by atoms with Gasteiger partial charge in [0.15, 0.2) is 0 Å². The monoisotopic (exact) mass is 337 g/mol. The summed E-state index contributed by atoms with van der Waals surface area (Å²) in [5, 5.41) is 0. The third-order valence-corrected chi connectivity index (χ3v) is 5.94. The molecule has 3 rings (SSSR count). The van der Waals surface area contributed by atoms with Gasteiger partial charge < -0.3 is 14.5 Å². The van der Waals surface area contributed by atoms with Crippen molar-refractivity contribution in [2.45, 2.75) is 51.6 Å². The molecule has 24 heavy (non-hydrogen) atoms. The number of ether oxygens (including phenoxy) is 1. The number of piperidine rings is 1. The molecule has 0 radical (unpaired) electrons. The molecule has 3 saturated heterocycles. The number of nitrogens with zero attached hydrogens (tertiary/aromatic N) is 3. The number of likely N-dealkylation sites (tertiary alicyclic amines) is 2. The van der Waals surface area contributed by atoms with Gasteiger partial charge in [-0.1, -0.05) is 13.3 Å². The van der Waals surface area contributed by atoms with Crippen LogP contribution >= 0.6 is 0 Å². The molecule has 0 bridgehead atoms. The SMILES string of the molecule is CC[C@@H]1CN(C(=O)[C@@H](C)N2CCCCC2=O)C[C@H]1N1CCOCC1. The fraction of sp³-hybridized carbons (Fsp3) is 0.889. The van der Waals surface area contributed by atoms with Crippen molar-refractivity contribution in [3.05, 3.63) is 0 Å². The lowest BCUT2D eigenvalue weighted by atomic mass is 9.99. The highest BCUT2D eigenvalue weighted by molar-refractivity contribution is 5.88. The minimum absolute atomic E-state index is 0.124. The third kappa shape index (κ3) is 3.59. The molecule has 0 saturated carbocycles. The predicted molar refractivity (Wildman–Crippen MR) is 91.6 cm³/mol. The van der Waals surface area contributed by atoms with Gasteiger partial charge in [-0.25, -0.2) is 0 Å². The van der Waals surface area contributed by atoms with Crippen LogP contribution in [0.3, 0.4) is 0 Å². The van der Waals surface area contributed by atoms with Gasteiger partial charge in [-0.15, -0.1) is 0 Å². The standard InChI is InChI=1S/C18H31N3O3/c1-3-15-12-20(13-16(15)19-8-10-24-11-9-19)18(23)14(2)21-7-5-4-6-17(21)22/h14-16H,3-13H2,1-2H3/t14-,15-,16-/m1/s1. The first-order chi connectivity index (χ1) is 11.6. The van der Waals surface area contributed by atoms with Crippen LogP contribution in [-0.4, -0.2) is 84.5 Å². The molecule has 0 aliphatic carbocycles. The van der Waals surface area contributed by atoms with Crippen molar-refractivity contribution >= 4 is 11.8 Å². The summed E-state index contributed by atoms with van der Waals surface area (Å²) in [5.74, 6) is 0.786. The maximum absolute atomic E-state index is 13.0. The maximum Gasteiger partial charge on any atom is 0.245 e. The number of carbonyl (C=O) groups is 2. The maximum atomic E-state index is 13.0. The van der Waals surface area contributed by atoms with Gasteiger partial charge in [0.05, 0.1) is 13.2 Å². The average Bonchev–Trinajstić information content (AvgIpc) is 3.06. The number of hydrogen-bond acceptors (Lipinski definition) is 4. The summed E-state index contributed by atoms with van der Waals surface area (Å²) >= 11 is 0. The fourth-order valence-electron chi connectivity index (χ4n) is 4.39. The minimum Gasteiger partial charge on any atom is -0.379 e. The van der Waals surface area contributed by atoms with E-state index in [4.69, 9.17) is 4.74 Å². The van der Waals surface area contributed by atoms with Crippen LogP contribution in [0, 0.1) is 5.92 Å². The lowest BCUT2D eigenvalue weighted by Crippen LogP contribution is -2.51. The molecular formula is C18H31N3O3. The van der Waals surface area contributed by atoms with E-state index in [2.05, 4.69) is 11.8 Å². The van der Waals surface area contributed by atoms with Gasteiger partial charge in [0, 0.05) is 45.2 Å². The molecule has 3 aliphatic heterocycles. The zero-order chi connectivity index (χ0) is 17.1. The van der Waals surface area contributed by atoms with E-state index in [0.29, 0.717) is 18.4 Å². The molecule has 0 aromatic carbocycles. The third-order valence-electron chi connectivity index (χ3n) is 5.94. The van der Waals surface area contributed by atoms with E-state index < -0.39 is 0 Å². The van der Waals surface area contributed by atoms with Gasteiger partial charge in [0.25, 0.3) is 0 Å². The van der Waals surface area contributed by atoms with Crippen LogP contribution in [0.15, 0.2) is 0 Å². The lowest BCUT2D eigenvalue weighted by molar-refractivity contribution is -0.146. The Hall–Kier alpha value is -1.14. The Morgan fingerprint density at radius 1 is 1.21 bits per heavy atom. The molecule has 3 aliphatic rings. The van der Waals surface area contributed by atoms with Gasteiger partial charge in [-0.2, -0.15) is 0 Å². The summed E-state index contributed by atoms with van der Waals surface area (Å²) < 4.78 is 5.47. The summed E-state index contributed by atoms with van der Waals surface area (Å²) in [6.45, 7) is 9.96. The lowest BCUT2D eigenvalue weighted by Gasteiger charge is -2.35. The molecule has 3 fully saturated rings. The fourth-order valence-corrected chi connectivity index (χ4v) is 4.39. The smallest absolute Gasteiger partial charge is 0.245 e. The van der Waals surface area contributed by atoms with Crippen LogP contribution in [0.4, 0.5) is 0 Å². The molecular weight excluding hydrogens is 306 g/mol. The normalized spacial score (nSPS) is 30.7. The Bertz CT molecular complexity index is 464. The van der Waals surface area contributed by atoms with E-state index in [1.165, 1.54) is 0 Å². The average molecular weight is 337 g/mol. The first kappa shape index (κ1) is 17.7. The van der Waals surface area contributed by atoms with Crippen LogP contribution in [0.1, 0.15) is 39.5 Å². The largest absolute Gasteiger partial charge is 0.379 e. The zero-order valence-corrected chi connectivity index (χ0v) is 15.1. The van der Waals surface area contributed by atoms with Crippen LogP contribution in [0.25, 0.3) is 0 Å². The summed E-state index contributed by atoms with van der Waals surface area (Å²) in [5.41, 5.74) is 0. The second kappa shape index (κ2) is 7.83. The van der Waals surface area contributed by atoms with Crippen molar-refractivity contribution in [2.75, 3.05) is 45.9 Å². The van der Waals surface area contributed by atoms with Crippen LogP contribution in [0.2, 0.25) is 0 Å². The Kier molecular flexibility index (Phi) is 5.76.